The minimum atomic E-state index is -0.661. The van der Waals surface area contributed by atoms with E-state index in [0.717, 1.165) is 41.5 Å². The zero-order valence-corrected chi connectivity index (χ0v) is 11.9. The molecule has 0 bridgehead atoms. The fourth-order valence-corrected chi connectivity index (χ4v) is 3.20. The van der Waals surface area contributed by atoms with Crippen LogP contribution in [-0.4, -0.2) is 18.2 Å². The summed E-state index contributed by atoms with van der Waals surface area (Å²) in [5, 5.41) is 9.20. The second-order valence-electron chi connectivity index (χ2n) is 4.80. The van der Waals surface area contributed by atoms with Crippen molar-refractivity contribution in [2.45, 2.75) is 25.7 Å². The molecule has 1 aromatic rings. The first kappa shape index (κ1) is 13.4. The van der Waals surface area contributed by atoms with Gasteiger partial charge in [0, 0.05) is 4.47 Å². The van der Waals surface area contributed by atoms with Gasteiger partial charge in [0.05, 0.1) is 13.0 Å². The third kappa shape index (κ3) is 2.86. The first-order valence-electron chi connectivity index (χ1n) is 6.17. The zero-order chi connectivity index (χ0) is 13.1. The van der Waals surface area contributed by atoms with E-state index in [2.05, 4.69) is 15.9 Å². The topological polar surface area (TPSA) is 46.5 Å². The Bertz CT molecular complexity index is 445. The molecule has 1 aromatic carbocycles. The van der Waals surface area contributed by atoms with Gasteiger partial charge in [-0.2, -0.15) is 0 Å². The molecule has 1 N–H and O–H groups in total. The van der Waals surface area contributed by atoms with Crippen LogP contribution in [0.15, 0.2) is 22.7 Å². The minimum absolute atomic E-state index is 0.200. The zero-order valence-electron chi connectivity index (χ0n) is 10.4. The smallest absolute Gasteiger partial charge is 0.306 e. The lowest BCUT2D eigenvalue weighted by atomic mass is 9.89. The second kappa shape index (κ2) is 5.74. The minimum Gasteiger partial charge on any atom is -0.496 e. The van der Waals surface area contributed by atoms with Gasteiger partial charge in [-0.15, -0.1) is 0 Å². The first-order valence-corrected chi connectivity index (χ1v) is 6.96. The fraction of sp³-hybridized carbons (Fsp3) is 0.500. The third-order valence-electron chi connectivity index (χ3n) is 3.70. The number of halogens is 1. The van der Waals surface area contributed by atoms with E-state index in [-0.39, 0.29) is 11.8 Å². The lowest BCUT2D eigenvalue weighted by Crippen LogP contribution is -2.20. The lowest BCUT2D eigenvalue weighted by molar-refractivity contribution is -0.142. The number of carboxylic acids is 1. The van der Waals surface area contributed by atoms with Crippen LogP contribution in [0, 0.1) is 11.8 Å². The average molecular weight is 313 g/mol. The Morgan fingerprint density at radius 2 is 2.28 bits per heavy atom. The van der Waals surface area contributed by atoms with Gasteiger partial charge in [-0.25, -0.2) is 0 Å². The Labute approximate surface area is 115 Å². The maximum absolute atomic E-state index is 11.2. The summed E-state index contributed by atoms with van der Waals surface area (Å²) in [5.41, 5.74) is 1.09. The van der Waals surface area contributed by atoms with Gasteiger partial charge in [-0.1, -0.05) is 22.4 Å². The van der Waals surface area contributed by atoms with Gasteiger partial charge in [0.25, 0.3) is 0 Å². The average Bonchev–Trinajstić information content (AvgIpc) is 2.77. The van der Waals surface area contributed by atoms with Crippen LogP contribution < -0.4 is 4.74 Å². The van der Waals surface area contributed by atoms with Crippen LogP contribution >= 0.6 is 15.9 Å². The normalized spacial score (nSPS) is 23.0. The predicted octanol–water partition coefficient (Wildman–Crippen LogP) is 3.50. The van der Waals surface area contributed by atoms with E-state index < -0.39 is 5.97 Å². The predicted molar refractivity (Wildman–Crippen MR) is 72.9 cm³/mol. The van der Waals surface area contributed by atoms with E-state index in [1.165, 1.54) is 0 Å². The summed E-state index contributed by atoms with van der Waals surface area (Å²) < 4.78 is 6.34. The number of carbonyl (C=O) groups is 1. The molecule has 0 aromatic heterocycles. The van der Waals surface area contributed by atoms with Crippen molar-refractivity contribution >= 4 is 21.9 Å². The van der Waals surface area contributed by atoms with Crippen molar-refractivity contribution in [3.63, 3.8) is 0 Å². The molecule has 2 atom stereocenters. The molecule has 2 rings (SSSR count). The monoisotopic (exact) mass is 312 g/mol. The van der Waals surface area contributed by atoms with Gasteiger partial charge in [-0.05, 0) is 48.9 Å². The lowest BCUT2D eigenvalue weighted by Gasteiger charge is -2.17. The molecule has 1 fully saturated rings. The van der Waals surface area contributed by atoms with Crippen molar-refractivity contribution in [1.82, 2.24) is 0 Å². The van der Waals surface area contributed by atoms with E-state index in [9.17, 15) is 9.90 Å². The summed E-state index contributed by atoms with van der Waals surface area (Å²) >= 11 is 3.45. The highest BCUT2D eigenvalue weighted by molar-refractivity contribution is 9.10. The van der Waals surface area contributed by atoms with Crippen LogP contribution in [-0.2, 0) is 11.2 Å². The standard InChI is InChI=1S/C14H17BrO3/c1-18-13-6-5-11(15)8-10(13)7-9-3-2-4-12(9)14(16)17/h5-6,8-9,12H,2-4,7H2,1H3,(H,16,17). The molecular weight excluding hydrogens is 296 g/mol. The molecule has 0 heterocycles. The Morgan fingerprint density at radius 1 is 1.50 bits per heavy atom. The number of benzene rings is 1. The first-order chi connectivity index (χ1) is 8.61. The van der Waals surface area contributed by atoms with Crippen LogP contribution in [0.1, 0.15) is 24.8 Å². The molecular formula is C14H17BrO3. The second-order valence-corrected chi connectivity index (χ2v) is 5.71. The van der Waals surface area contributed by atoms with E-state index in [0.29, 0.717) is 0 Å². The Morgan fingerprint density at radius 3 is 2.94 bits per heavy atom. The van der Waals surface area contributed by atoms with Crippen molar-refractivity contribution in [3.8, 4) is 5.75 Å². The molecule has 0 aliphatic heterocycles. The molecule has 2 unspecified atom stereocenters. The van der Waals surface area contributed by atoms with Gasteiger partial charge in [-0.3, -0.25) is 4.79 Å². The van der Waals surface area contributed by atoms with Gasteiger partial charge < -0.3 is 9.84 Å². The summed E-state index contributed by atoms with van der Waals surface area (Å²) in [6.45, 7) is 0. The number of rotatable bonds is 4. The maximum atomic E-state index is 11.2. The molecule has 1 aliphatic rings. The van der Waals surface area contributed by atoms with Crippen LogP contribution in [0.2, 0.25) is 0 Å². The van der Waals surface area contributed by atoms with Crippen molar-refractivity contribution in [1.29, 1.82) is 0 Å². The molecule has 1 saturated carbocycles. The Balaban J connectivity index is 2.18. The molecule has 0 amide bonds. The van der Waals surface area contributed by atoms with Gasteiger partial charge in [0.1, 0.15) is 5.75 Å². The van der Waals surface area contributed by atoms with Crippen molar-refractivity contribution in [2.75, 3.05) is 7.11 Å². The molecule has 4 heteroatoms. The highest BCUT2D eigenvalue weighted by Gasteiger charge is 2.33. The maximum Gasteiger partial charge on any atom is 0.306 e. The van der Waals surface area contributed by atoms with Gasteiger partial charge in [0.2, 0.25) is 0 Å². The summed E-state index contributed by atoms with van der Waals surface area (Å²) in [4.78, 5) is 11.2. The molecule has 0 spiro atoms. The molecule has 18 heavy (non-hydrogen) atoms. The summed E-state index contributed by atoms with van der Waals surface area (Å²) in [7, 11) is 1.65. The number of methoxy groups -OCH3 is 1. The quantitative estimate of drug-likeness (QED) is 0.925. The summed E-state index contributed by atoms with van der Waals surface area (Å²) in [5.74, 6) is 0.208. The fourth-order valence-electron chi connectivity index (χ4n) is 2.80. The van der Waals surface area contributed by atoms with Crippen molar-refractivity contribution in [2.24, 2.45) is 11.8 Å². The Hall–Kier alpha value is -1.03. The number of hydrogen-bond donors (Lipinski definition) is 1. The van der Waals surface area contributed by atoms with E-state index >= 15 is 0 Å². The molecule has 1 aliphatic carbocycles. The summed E-state index contributed by atoms with van der Waals surface area (Å²) in [6, 6.07) is 5.88. The largest absolute Gasteiger partial charge is 0.496 e. The molecule has 98 valence electrons. The molecule has 0 radical (unpaired) electrons. The highest BCUT2D eigenvalue weighted by atomic mass is 79.9. The van der Waals surface area contributed by atoms with E-state index in [1.807, 2.05) is 18.2 Å². The van der Waals surface area contributed by atoms with Gasteiger partial charge in [0.15, 0.2) is 0 Å². The van der Waals surface area contributed by atoms with Crippen molar-refractivity contribution in [3.05, 3.63) is 28.2 Å². The van der Waals surface area contributed by atoms with E-state index in [1.54, 1.807) is 7.11 Å². The number of ether oxygens (including phenoxy) is 1. The Kier molecular flexibility index (Phi) is 4.27. The summed E-state index contributed by atoms with van der Waals surface area (Å²) in [6.07, 6.45) is 3.58. The van der Waals surface area contributed by atoms with Crippen LogP contribution in [0.5, 0.6) is 5.75 Å². The van der Waals surface area contributed by atoms with Crippen LogP contribution in [0.3, 0.4) is 0 Å². The molecule has 3 nitrogen and oxygen atoms in total. The van der Waals surface area contributed by atoms with Crippen LogP contribution in [0.4, 0.5) is 0 Å². The van der Waals surface area contributed by atoms with Gasteiger partial charge >= 0.3 is 5.97 Å². The number of aliphatic carboxylic acids is 1. The highest BCUT2D eigenvalue weighted by Crippen LogP contribution is 2.36. The SMILES string of the molecule is COc1ccc(Br)cc1CC1CCCC1C(=O)O. The molecule has 0 saturated heterocycles. The number of hydrogen-bond acceptors (Lipinski definition) is 2. The number of carboxylic acid groups (broad SMARTS) is 1. The van der Waals surface area contributed by atoms with Crippen LogP contribution in [0.25, 0.3) is 0 Å². The third-order valence-corrected chi connectivity index (χ3v) is 4.19. The van der Waals surface area contributed by atoms with E-state index in [4.69, 9.17) is 4.74 Å². The van der Waals surface area contributed by atoms with Crippen molar-refractivity contribution < 1.29 is 14.6 Å².